The van der Waals surface area contributed by atoms with Gasteiger partial charge in [0.2, 0.25) is 0 Å². The highest BCUT2D eigenvalue weighted by atomic mass is 16.2. The van der Waals surface area contributed by atoms with Crippen LogP contribution in [-0.2, 0) is 0 Å². The van der Waals surface area contributed by atoms with Crippen LogP contribution in [0.1, 0.15) is 53.4 Å². The second-order valence-electron chi connectivity index (χ2n) is 6.62. The average Bonchev–Trinajstić information content (AvgIpc) is 2.37. The molecule has 0 saturated carbocycles. The zero-order chi connectivity index (χ0) is 15.0. The van der Waals surface area contributed by atoms with E-state index in [0.29, 0.717) is 0 Å². The Balaban J connectivity index is 2.03. The Kier molecular flexibility index (Phi) is 7.97. The molecule has 1 saturated heterocycles. The molecule has 0 radical (unpaired) electrons. The van der Waals surface area contributed by atoms with Crippen LogP contribution < -0.4 is 10.6 Å². The first-order valence-corrected chi connectivity index (χ1v) is 8.28. The summed E-state index contributed by atoms with van der Waals surface area (Å²) in [6.45, 7) is 13.2. The van der Waals surface area contributed by atoms with E-state index >= 15 is 0 Å². The Hall–Kier alpha value is -0.770. The van der Waals surface area contributed by atoms with E-state index < -0.39 is 0 Å². The molecule has 1 heterocycles. The van der Waals surface area contributed by atoms with Gasteiger partial charge in [0.15, 0.2) is 0 Å². The van der Waals surface area contributed by atoms with Gasteiger partial charge in [-0.25, -0.2) is 4.79 Å². The van der Waals surface area contributed by atoms with E-state index in [9.17, 15) is 4.79 Å². The minimum atomic E-state index is -0.0282. The van der Waals surface area contributed by atoms with Crippen molar-refractivity contribution >= 4 is 6.03 Å². The normalized spacial score (nSPS) is 25.2. The second-order valence-corrected chi connectivity index (χ2v) is 6.62. The van der Waals surface area contributed by atoms with E-state index in [2.05, 4.69) is 36.3 Å². The molecule has 0 spiro atoms. The monoisotopic (exact) mass is 283 g/mol. The van der Waals surface area contributed by atoms with Crippen LogP contribution in [0.4, 0.5) is 4.79 Å². The largest absolute Gasteiger partial charge is 0.338 e. The zero-order valence-corrected chi connectivity index (χ0v) is 13.7. The lowest BCUT2D eigenvalue weighted by molar-refractivity contribution is 0.139. The van der Waals surface area contributed by atoms with Crippen LogP contribution in [-0.4, -0.2) is 43.2 Å². The summed E-state index contributed by atoms with van der Waals surface area (Å²) in [5, 5.41) is 5.86. The van der Waals surface area contributed by atoms with E-state index in [-0.39, 0.29) is 12.1 Å². The van der Waals surface area contributed by atoms with Crippen molar-refractivity contribution in [2.75, 3.05) is 26.2 Å². The van der Waals surface area contributed by atoms with Crippen molar-refractivity contribution in [3.8, 4) is 0 Å². The first-order chi connectivity index (χ1) is 9.51. The molecule has 0 bridgehead atoms. The van der Waals surface area contributed by atoms with Gasteiger partial charge in [-0.2, -0.15) is 0 Å². The van der Waals surface area contributed by atoms with Gasteiger partial charge in [-0.1, -0.05) is 20.8 Å². The molecule has 4 nitrogen and oxygen atoms in total. The van der Waals surface area contributed by atoms with Crippen LogP contribution in [0.25, 0.3) is 0 Å². The van der Waals surface area contributed by atoms with Crippen molar-refractivity contribution in [3.63, 3.8) is 0 Å². The van der Waals surface area contributed by atoms with Crippen molar-refractivity contribution in [2.45, 2.75) is 59.4 Å². The van der Waals surface area contributed by atoms with Crippen LogP contribution in [0.5, 0.6) is 0 Å². The lowest BCUT2D eigenvalue weighted by atomic mass is 9.92. The number of carbonyl (C=O) groups excluding carboxylic acids is 1. The first kappa shape index (κ1) is 17.3. The summed E-state index contributed by atoms with van der Waals surface area (Å²) in [4.78, 5) is 14.1. The van der Waals surface area contributed by atoms with Gasteiger partial charge in [0.1, 0.15) is 0 Å². The van der Waals surface area contributed by atoms with Crippen molar-refractivity contribution in [2.24, 2.45) is 11.8 Å². The van der Waals surface area contributed by atoms with Gasteiger partial charge in [0.05, 0.1) is 0 Å². The number of nitrogens with one attached hydrogen (secondary N) is 2. The van der Waals surface area contributed by atoms with Gasteiger partial charge >= 0.3 is 6.03 Å². The second kappa shape index (κ2) is 9.22. The Morgan fingerprint density at radius 3 is 2.50 bits per heavy atom. The fourth-order valence-electron chi connectivity index (χ4n) is 3.01. The standard InChI is InChI=1S/C16H33N3O/c1-5-15(4)18-16(20)17-8-6-7-9-19-11-13(2)10-14(3)12-19/h13-15H,5-12H2,1-4H3,(H2,17,18,20)/t13-,14-,15+/m1/s1. The maximum Gasteiger partial charge on any atom is 0.314 e. The number of piperidine rings is 1. The molecule has 4 heteroatoms. The van der Waals surface area contributed by atoms with Crippen LogP contribution in [0.15, 0.2) is 0 Å². The average molecular weight is 283 g/mol. The molecular weight excluding hydrogens is 250 g/mol. The van der Waals surface area contributed by atoms with Gasteiger partial charge in [0, 0.05) is 25.7 Å². The van der Waals surface area contributed by atoms with E-state index in [1.54, 1.807) is 0 Å². The molecule has 2 amide bonds. The zero-order valence-electron chi connectivity index (χ0n) is 13.7. The maximum absolute atomic E-state index is 11.5. The topological polar surface area (TPSA) is 44.4 Å². The minimum absolute atomic E-state index is 0.0282. The molecule has 0 aromatic carbocycles. The predicted molar refractivity (Wildman–Crippen MR) is 84.9 cm³/mol. The third-order valence-corrected chi connectivity index (χ3v) is 4.12. The third kappa shape index (κ3) is 7.13. The highest BCUT2D eigenvalue weighted by Gasteiger charge is 2.20. The molecule has 3 atom stereocenters. The molecule has 0 aromatic rings. The number of nitrogens with zero attached hydrogens (tertiary/aromatic N) is 1. The van der Waals surface area contributed by atoms with E-state index in [0.717, 1.165) is 31.2 Å². The maximum atomic E-state index is 11.5. The smallest absolute Gasteiger partial charge is 0.314 e. The Morgan fingerprint density at radius 2 is 1.90 bits per heavy atom. The lowest BCUT2D eigenvalue weighted by Gasteiger charge is -2.34. The number of likely N-dealkylation sites (tertiary alicyclic amines) is 1. The Labute approximate surface area is 124 Å². The molecule has 1 fully saturated rings. The summed E-state index contributed by atoms with van der Waals surface area (Å²) in [5.41, 5.74) is 0. The van der Waals surface area contributed by atoms with E-state index in [1.807, 2.05) is 6.92 Å². The fourth-order valence-corrected chi connectivity index (χ4v) is 3.01. The molecule has 1 aliphatic rings. The van der Waals surface area contributed by atoms with E-state index in [4.69, 9.17) is 0 Å². The molecule has 0 aromatic heterocycles. The minimum Gasteiger partial charge on any atom is -0.338 e. The van der Waals surface area contributed by atoms with Crippen molar-refractivity contribution in [1.82, 2.24) is 15.5 Å². The number of urea groups is 1. The molecule has 1 rings (SSSR count). The summed E-state index contributed by atoms with van der Waals surface area (Å²) in [5.74, 6) is 1.66. The summed E-state index contributed by atoms with van der Waals surface area (Å²) in [6.07, 6.45) is 4.57. The van der Waals surface area contributed by atoms with Crippen molar-refractivity contribution in [3.05, 3.63) is 0 Å². The molecule has 20 heavy (non-hydrogen) atoms. The fraction of sp³-hybridized carbons (Fsp3) is 0.938. The number of amides is 2. The Morgan fingerprint density at radius 1 is 1.25 bits per heavy atom. The number of rotatable bonds is 7. The molecule has 2 N–H and O–H groups in total. The van der Waals surface area contributed by atoms with Crippen LogP contribution >= 0.6 is 0 Å². The highest BCUT2D eigenvalue weighted by Crippen LogP contribution is 2.20. The van der Waals surface area contributed by atoms with Gasteiger partial charge in [-0.05, 0) is 51.0 Å². The van der Waals surface area contributed by atoms with E-state index in [1.165, 1.54) is 32.5 Å². The highest BCUT2D eigenvalue weighted by molar-refractivity contribution is 5.74. The van der Waals surface area contributed by atoms with Crippen LogP contribution in [0.3, 0.4) is 0 Å². The van der Waals surface area contributed by atoms with Crippen molar-refractivity contribution in [1.29, 1.82) is 0 Å². The summed E-state index contributed by atoms with van der Waals surface area (Å²) in [7, 11) is 0. The Bertz CT molecular complexity index is 273. The van der Waals surface area contributed by atoms with Gasteiger partial charge < -0.3 is 15.5 Å². The molecular formula is C16H33N3O. The van der Waals surface area contributed by atoms with Crippen LogP contribution in [0.2, 0.25) is 0 Å². The number of carbonyl (C=O) groups is 1. The summed E-state index contributed by atoms with van der Waals surface area (Å²) < 4.78 is 0. The number of hydrogen-bond donors (Lipinski definition) is 2. The third-order valence-electron chi connectivity index (χ3n) is 4.12. The molecule has 0 aliphatic carbocycles. The first-order valence-electron chi connectivity index (χ1n) is 8.28. The van der Waals surface area contributed by atoms with Crippen molar-refractivity contribution < 1.29 is 4.79 Å². The number of unbranched alkanes of at least 4 members (excludes halogenated alkanes) is 1. The van der Waals surface area contributed by atoms with Gasteiger partial charge in [0.25, 0.3) is 0 Å². The molecule has 118 valence electrons. The molecule has 0 unspecified atom stereocenters. The summed E-state index contributed by atoms with van der Waals surface area (Å²) >= 11 is 0. The van der Waals surface area contributed by atoms with Gasteiger partial charge in [-0.15, -0.1) is 0 Å². The molecule has 1 aliphatic heterocycles. The van der Waals surface area contributed by atoms with Gasteiger partial charge in [-0.3, -0.25) is 0 Å². The lowest BCUT2D eigenvalue weighted by Crippen LogP contribution is -2.41. The SMILES string of the molecule is CC[C@H](C)NC(=O)NCCCCN1C[C@H](C)C[C@@H](C)C1. The summed E-state index contributed by atoms with van der Waals surface area (Å²) in [6, 6.07) is 0.228. The number of hydrogen-bond acceptors (Lipinski definition) is 2. The quantitative estimate of drug-likeness (QED) is 0.706. The predicted octanol–water partition coefficient (Wildman–Crippen LogP) is 2.84. The van der Waals surface area contributed by atoms with Crippen LogP contribution in [0, 0.1) is 11.8 Å².